The minimum absolute atomic E-state index is 0.103. The minimum atomic E-state index is 0.103. The van der Waals surface area contributed by atoms with Gasteiger partial charge in [-0.25, -0.2) is 0 Å². The normalized spacial score (nSPS) is 9.54. The Labute approximate surface area is 79.4 Å². The molecule has 0 amide bonds. The van der Waals surface area contributed by atoms with Crippen LogP contribution in [0.15, 0.2) is 0 Å². The summed E-state index contributed by atoms with van der Waals surface area (Å²) in [5.74, 6) is 2.59. The minimum Gasteiger partial charge on any atom is -0.382 e. The summed E-state index contributed by atoms with van der Waals surface area (Å²) in [5.41, 5.74) is 0. The van der Waals surface area contributed by atoms with Crippen LogP contribution in [0, 0.1) is 12.3 Å². The fourth-order valence-electron chi connectivity index (χ4n) is 0.788. The number of terminal acetylenes is 1. The van der Waals surface area contributed by atoms with Crippen molar-refractivity contribution in [3.05, 3.63) is 0 Å². The number of carbonyl (C=O) groups is 1. The highest BCUT2D eigenvalue weighted by atomic mass is 16.5. The molecule has 0 rings (SSSR count). The quantitative estimate of drug-likeness (QED) is 0.417. The zero-order valence-corrected chi connectivity index (χ0v) is 8.04. The lowest BCUT2D eigenvalue weighted by Gasteiger charge is -2.01. The van der Waals surface area contributed by atoms with Gasteiger partial charge in [-0.15, -0.1) is 12.3 Å². The van der Waals surface area contributed by atoms with Crippen molar-refractivity contribution in [3.63, 3.8) is 0 Å². The van der Waals surface area contributed by atoms with Gasteiger partial charge in [-0.3, -0.25) is 4.79 Å². The van der Waals surface area contributed by atoms with E-state index in [1.165, 1.54) is 0 Å². The van der Waals surface area contributed by atoms with Gasteiger partial charge in [0.25, 0.3) is 0 Å². The van der Waals surface area contributed by atoms with Crippen molar-refractivity contribution in [2.75, 3.05) is 26.9 Å². The second kappa shape index (κ2) is 9.24. The fourth-order valence-corrected chi connectivity index (χ4v) is 0.788. The van der Waals surface area contributed by atoms with Crippen molar-refractivity contribution >= 4 is 5.78 Å². The lowest BCUT2D eigenvalue weighted by atomic mass is 10.2. The molecule has 13 heavy (non-hydrogen) atoms. The summed E-state index contributed by atoms with van der Waals surface area (Å²) in [7, 11) is 1.60. The predicted octanol–water partition coefficient (Wildman–Crippen LogP) is 1.02. The monoisotopic (exact) mass is 184 g/mol. The summed E-state index contributed by atoms with van der Waals surface area (Å²) in [6, 6.07) is 0. The van der Waals surface area contributed by atoms with E-state index in [2.05, 4.69) is 5.92 Å². The number of Topliss-reactive ketones (excluding diaryl/α,β-unsaturated/α-hetero) is 1. The zero-order valence-electron chi connectivity index (χ0n) is 8.04. The Morgan fingerprint density at radius 2 is 2.23 bits per heavy atom. The van der Waals surface area contributed by atoms with Gasteiger partial charge in [0, 0.05) is 20.0 Å². The second-order valence-corrected chi connectivity index (χ2v) is 2.64. The largest absolute Gasteiger partial charge is 0.382 e. The van der Waals surface area contributed by atoms with Gasteiger partial charge in [0.2, 0.25) is 0 Å². The number of unbranched alkanes of at least 4 members (excludes halogenated alkanes) is 1. The molecule has 0 aliphatic rings. The van der Waals surface area contributed by atoms with Gasteiger partial charge in [-0.1, -0.05) is 0 Å². The first-order valence-electron chi connectivity index (χ1n) is 4.33. The van der Waals surface area contributed by atoms with Crippen molar-refractivity contribution in [2.24, 2.45) is 0 Å². The van der Waals surface area contributed by atoms with Gasteiger partial charge in [-0.2, -0.15) is 0 Å². The summed E-state index contributed by atoms with van der Waals surface area (Å²) in [6.45, 7) is 1.17. The highest BCUT2D eigenvalue weighted by Gasteiger charge is 2.00. The van der Waals surface area contributed by atoms with E-state index in [9.17, 15) is 4.79 Å². The number of hydrogen-bond donors (Lipinski definition) is 0. The molecule has 0 aromatic heterocycles. The molecule has 0 aliphatic carbocycles. The molecule has 0 fully saturated rings. The first-order chi connectivity index (χ1) is 6.31. The average Bonchev–Trinajstić information content (AvgIpc) is 2.13. The molecule has 74 valence electrons. The maximum absolute atomic E-state index is 11.0. The number of carbonyl (C=O) groups excluding carboxylic acids is 1. The van der Waals surface area contributed by atoms with Gasteiger partial charge < -0.3 is 9.47 Å². The maximum Gasteiger partial charge on any atom is 0.158 e. The van der Waals surface area contributed by atoms with E-state index in [4.69, 9.17) is 15.9 Å². The van der Waals surface area contributed by atoms with Crippen LogP contribution in [0.2, 0.25) is 0 Å². The van der Waals surface area contributed by atoms with Crippen LogP contribution in [-0.2, 0) is 14.3 Å². The summed E-state index contributed by atoms with van der Waals surface area (Å²) in [4.78, 5) is 11.0. The van der Waals surface area contributed by atoms with Gasteiger partial charge in [0.1, 0.15) is 6.61 Å². The lowest BCUT2D eigenvalue weighted by molar-refractivity contribution is -0.124. The van der Waals surface area contributed by atoms with Gasteiger partial charge in [-0.05, 0) is 6.42 Å². The van der Waals surface area contributed by atoms with Gasteiger partial charge in [0.15, 0.2) is 5.78 Å². The van der Waals surface area contributed by atoms with Crippen LogP contribution in [0.1, 0.15) is 19.3 Å². The smallest absolute Gasteiger partial charge is 0.158 e. The molecular weight excluding hydrogens is 168 g/mol. The van der Waals surface area contributed by atoms with Crippen LogP contribution in [-0.4, -0.2) is 32.7 Å². The summed E-state index contributed by atoms with van der Waals surface area (Å²) >= 11 is 0. The molecule has 0 unspecified atom stereocenters. The van der Waals surface area contributed by atoms with Crippen molar-refractivity contribution < 1.29 is 14.3 Å². The molecule has 0 bridgehead atoms. The Kier molecular flexibility index (Phi) is 8.64. The Morgan fingerprint density at radius 1 is 1.46 bits per heavy atom. The molecule has 0 aliphatic heterocycles. The van der Waals surface area contributed by atoms with Gasteiger partial charge in [0.05, 0.1) is 13.2 Å². The van der Waals surface area contributed by atoms with Crippen molar-refractivity contribution in [1.82, 2.24) is 0 Å². The van der Waals surface area contributed by atoms with Crippen LogP contribution in [0.3, 0.4) is 0 Å². The van der Waals surface area contributed by atoms with Gasteiger partial charge >= 0.3 is 0 Å². The summed E-state index contributed by atoms with van der Waals surface area (Å²) in [5, 5.41) is 0. The fraction of sp³-hybridized carbons (Fsp3) is 0.700. The highest BCUT2D eigenvalue weighted by molar-refractivity contribution is 5.79. The molecule has 0 saturated carbocycles. The Bertz CT molecular complexity index is 169. The van der Waals surface area contributed by atoms with E-state index in [-0.39, 0.29) is 12.4 Å². The van der Waals surface area contributed by atoms with Crippen LogP contribution >= 0.6 is 0 Å². The predicted molar refractivity (Wildman–Crippen MR) is 50.4 cm³/mol. The topological polar surface area (TPSA) is 35.5 Å². The second-order valence-electron chi connectivity index (χ2n) is 2.64. The Balaban J connectivity index is 3.16. The standard InChI is InChI=1S/C10H16O3/c1-3-4-5-6-10(11)9-13-8-7-12-2/h1H,4-9H2,2H3. The molecular formula is C10H16O3. The molecule has 0 atom stereocenters. The summed E-state index contributed by atoms with van der Waals surface area (Å²) in [6.07, 6.45) is 6.97. The molecule has 0 aromatic rings. The Morgan fingerprint density at radius 3 is 2.85 bits per heavy atom. The first-order valence-corrected chi connectivity index (χ1v) is 4.33. The van der Waals surface area contributed by atoms with Crippen LogP contribution < -0.4 is 0 Å². The van der Waals surface area contributed by atoms with Crippen LogP contribution in [0.5, 0.6) is 0 Å². The summed E-state index contributed by atoms with van der Waals surface area (Å²) < 4.78 is 9.80. The molecule has 0 N–H and O–H groups in total. The number of hydrogen-bond acceptors (Lipinski definition) is 3. The van der Waals surface area contributed by atoms with Crippen molar-refractivity contribution in [3.8, 4) is 12.3 Å². The number of rotatable bonds is 8. The van der Waals surface area contributed by atoms with Crippen LogP contribution in [0.4, 0.5) is 0 Å². The number of methoxy groups -OCH3 is 1. The SMILES string of the molecule is C#CCCCC(=O)COCCOC. The third-order valence-corrected chi connectivity index (χ3v) is 1.47. The van der Waals surface area contributed by atoms with E-state index in [0.717, 1.165) is 6.42 Å². The van der Waals surface area contributed by atoms with Crippen molar-refractivity contribution in [1.29, 1.82) is 0 Å². The van der Waals surface area contributed by atoms with E-state index < -0.39 is 0 Å². The molecule has 0 aromatic carbocycles. The highest BCUT2D eigenvalue weighted by Crippen LogP contribution is 1.95. The van der Waals surface area contributed by atoms with E-state index in [0.29, 0.717) is 26.1 Å². The molecule has 0 spiro atoms. The third-order valence-electron chi connectivity index (χ3n) is 1.47. The Hall–Kier alpha value is -0.850. The van der Waals surface area contributed by atoms with E-state index >= 15 is 0 Å². The number of ether oxygens (including phenoxy) is 2. The molecule has 0 heterocycles. The molecule has 3 nitrogen and oxygen atoms in total. The van der Waals surface area contributed by atoms with Crippen LogP contribution in [0.25, 0.3) is 0 Å². The zero-order chi connectivity index (χ0) is 9.94. The maximum atomic E-state index is 11.0. The lowest BCUT2D eigenvalue weighted by Crippen LogP contribution is -2.11. The molecule has 3 heteroatoms. The third kappa shape index (κ3) is 9.06. The van der Waals surface area contributed by atoms with E-state index in [1.54, 1.807) is 7.11 Å². The molecule has 0 radical (unpaired) electrons. The van der Waals surface area contributed by atoms with Crippen molar-refractivity contribution in [2.45, 2.75) is 19.3 Å². The average molecular weight is 184 g/mol. The molecule has 0 saturated heterocycles. The van der Waals surface area contributed by atoms with E-state index in [1.807, 2.05) is 0 Å². The number of ketones is 1. The first kappa shape index (κ1) is 12.2.